The third-order valence-corrected chi connectivity index (χ3v) is 3.31. The van der Waals surface area contributed by atoms with Crippen LogP contribution in [0.1, 0.15) is 52.3 Å². The Morgan fingerprint density at radius 1 is 1.11 bits per heavy atom. The summed E-state index contributed by atoms with van der Waals surface area (Å²) in [5, 5.41) is 6.69. The molecule has 108 valence electrons. The molecule has 1 aromatic rings. The Hall–Kier alpha value is -1.32. The minimum Gasteiger partial charge on any atom is -0.370 e. The zero-order valence-corrected chi connectivity index (χ0v) is 12.8. The lowest BCUT2D eigenvalue weighted by atomic mass is 9.99. The van der Waals surface area contributed by atoms with Crippen LogP contribution < -0.4 is 10.6 Å². The Morgan fingerprint density at radius 2 is 1.79 bits per heavy atom. The zero-order chi connectivity index (χ0) is 14.1. The smallest absolute Gasteiger partial charge is 0.131 e. The lowest BCUT2D eigenvalue weighted by Crippen LogP contribution is -2.15. The van der Waals surface area contributed by atoms with Crippen LogP contribution >= 0.6 is 0 Å². The third kappa shape index (κ3) is 5.90. The summed E-state index contributed by atoms with van der Waals surface area (Å²) in [4.78, 5) is 8.80. The predicted octanol–water partition coefficient (Wildman–Crippen LogP) is 3.85. The molecule has 1 heterocycles. The molecule has 0 saturated heterocycles. The Morgan fingerprint density at radius 3 is 2.37 bits per heavy atom. The average Bonchev–Trinajstić information content (AvgIpc) is 2.39. The maximum atomic E-state index is 4.44. The molecule has 1 unspecified atom stereocenters. The van der Waals surface area contributed by atoms with Gasteiger partial charge < -0.3 is 10.6 Å². The first-order valence-electron chi connectivity index (χ1n) is 7.52. The molecule has 1 rings (SSSR count). The molecule has 0 radical (unpaired) electrons. The van der Waals surface area contributed by atoms with Crippen molar-refractivity contribution < 1.29 is 0 Å². The highest BCUT2D eigenvalue weighted by Gasteiger charge is 2.07. The molecule has 4 nitrogen and oxygen atoms in total. The van der Waals surface area contributed by atoms with Gasteiger partial charge in [0.05, 0.1) is 0 Å². The molecule has 2 N–H and O–H groups in total. The number of unbranched alkanes of at least 4 members (excludes halogenated alkanes) is 1. The largest absolute Gasteiger partial charge is 0.370 e. The van der Waals surface area contributed by atoms with E-state index < -0.39 is 0 Å². The number of nitrogens with one attached hydrogen (secondary N) is 2. The van der Waals surface area contributed by atoms with Crippen molar-refractivity contribution in [3.05, 3.63) is 11.9 Å². The summed E-state index contributed by atoms with van der Waals surface area (Å²) >= 11 is 0. The van der Waals surface area contributed by atoms with Gasteiger partial charge in [-0.05, 0) is 26.2 Å². The summed E-state index contributed by atoms with van der Waals surface area (Å²) < 4.78 is 0. The molecule has 19 heavy (non-hydrogen) atoms. The third-order valence-electron chi connectivity index (χ3n) is 3.31. The lowest BCUT2D eigenvalue weighted by Gasteiger charge is -2.16. The van der Waals surface area contributed by atoms with Crippen LogP contribution in [0.15, 0.2) is 6.07 Å². The van der Waals surface area contributed by atoms with Crippen LogP contribution in [-0.4, -0.2) is 23.1 Å². The van der Waals surface area contributed by atoms with E-state index in [4.69, 9.17) is 0 Å². The van der Waals surface area contributed by atoms with Crippen molar-refractivity contribution in [3.8, 4) is 0 Å². The minimum absolute atomic E-state index is 0.734. The number of hydrogen-bond acceptors (Lipinski definition) is 4. The lowest BCUT2D eigenvalue weighted by molar-refractivity contribution is 0.472. The topological polar surface area (TPSA) is 49.8 Å². The van der Waals surface area contributed by atoms with Crippen molar-refractivity contribution >= 4 is 11.6 Å². The highest BCUT2D eigenvalue weighted by molar-refractivity contribution is 5.47. The van der Waals surface area contributed by atoms with Gasteiger partial charge in [0, 0.05) is 19.2 Å². The summed E-state index contributed by atoms with van der Waals surface area (Å²) in [6, 6.07) is 1.99. The molecule has 1 atom stereocenters. The average molecular weight is 264 g/mol. The summed E-state index contributed by atoms with van der Waals surface area (Å²) in [7, 11) is 0. The Labute approximate surface area is 117 Å². The molecule has 0 bridgehead atoms. The molecular weight excluding hydrogens is 236 g/mol. The highest BCUT2D eigenvalue weighted by atomic mass is 15.1. The van der Waals surface area contributed by atoms with Crippen LogP contribution in [0, 0.1) is 12.8 Å². The first-order valence-corrected chi connectivity index (χ1v) is 7.52. The van der Waals surface area contributed by atoms with Crippen molar-refractivity contribution in [2.75, 3.05) is 23.7 Å². The molecule has 1 aromatic heterocycles. The van der Waals surface area contributed by atoms with Gasteiger partial charge in [-0.3, -0.25) is 0 Å². The second kappa shape index (κ2) is 8.73. The van der Waals surface area contributed by atoms with E-state index in [1.165, 1.54) is 25.7 Å². The van der Waals surface area contributed by atoms with Crippen molar-refractivity contribution in [2.24, 2.45) is 5.92 Å². The summed E-state index contributed by atoms with van der Waals surface area (Å²) in [5.41, 5.74) is 0. The monoisotopic (exact) mass is 264 g/mol. The molecule has 4 heteroatoms. The molecule has 0 amide bonds. The first-order chi connectivity index (χ1) is 9.19. The molecule has 0 aliphatic rings. The van der Waals surface area contributed by atoms with Gasteiger partial charge in [0.2, 0.25) is 0 Å². The van der Waals surface area contributed by atoms with Crippen LogP contribution in [0.3, 0.4) is 0 Å². The second-order valence-electron chi connectivity index (χ2n) is 5.01. The van der Waals surface area contributed by atoms with Gasteiger partial charge in [0.1, 0.15) is 17.5 Å². The van der Waals surface area contributed by atoms with Crippen LogP contribution in [-0.2, 0) is 0 Å². The number of aromatic nitrogens is 2. The van der Waals surface area contributed by atoms with Gasteiger partial charge in [-0.15, -0.1) is 0 Å². The maximum Gasteiger partial charge on any atom is 0.131 e. The molecule has 0 spiro atoms. The van der Waals surface area contributed by atoms with Crippen molar-refractivity contribution in [1.29, 1.82) is 0 Å². The fourth-order valence-electron chi connectivity index (χ4n) is 2.12. The summed E-state index contributed by atoms with van der Waals surface area (Å²) in [5.74, 6) is 3.37. The second-order valence-corrected chi connectivity index (χ2v) is 5.01. The van der Waals surface area contributed by atoms with E-state index in [2.05, 4.69) is 41.4 Å². The number of nitrogens with zero attached hydrogens (tertiary/aromatic N) is 2. The highest BCUT2D eigenvalue weighted by Crippen LogP contribution is 2.15. The summed E-state index contributed by atoms with van der Waals surface area (Å²) in [6.07, 6.45) is 5.10. The maximum absolute atomic E-state index is 4.44. The van der Waals surface area contributed by atoms with E-state index in [1.54, 1.807) is 0 Å². The van der Waals surface area contributed by atoms with Gasteiger partial charge in [0.15, 0.2) is 0 Å². The van der Waals surface area contributed by atoms with Gasteiger partial charge in [0.25, 0.3) is 0 Å². The number of hydrogen-bond donors (Lipinski definition) is 2. The van der Waals surface area contributed by atoms with Gasteiger partial charge in [-0.1, -0.05) is 33.1 Å². The van der Waals surface area contributed by atoms with E-state index in [-0.39, 0.29) is 0 Å². The number of anilines is 2. The minimum atomic E-state index is 0.734. The Balaban J connectivity index is 2.55. The number of aryl methyl sites for hydroxylation is 1. The van der Waals surface area contributed by atoms with E-state index >= 15 is 0 Å². The van der Waals surface area contributed by atoms with E-state index in [0.717, 1.165) is 36.5 Å². The number of rotatable bonds is 9. The zero-order valence-electron chi connectivity index (χ0n) is 12.8. The quantitative estimate of drug-likeness (QED) is 0.711. The van der Waals surface area contributed by atoms with Crippen molar-refractivity contribution in [2.45, 2.75) is 53.4 Å². The fraction of sp³-hybridized carbons (Fsp3) is 0.733. The van der Waals surface area contributed by atoms with Crippen LogP contribution in [0.25, 0.3) is 0 Å². The van der Waals surface area contributed by atoms with Gasteiger partial charge in [-0.25, -0.2) is 9.97 Å². The molecular formula is C15H28N4. The fourth-order valence-corrected chi connectivity index (χ4v) is 2.12. The van der Waals surface area contributed by atoms with Crippen LogP contribution in [0.2, 0.25) is 0 Å². The molecule has 0 fully saturated rings. The first kappa shape index (κ1) is 15.7. The predicted molar refractivity (Wildman–Crippen MR) is 82.7 cm³/mol. The van der Waals surface area contributed by atoms with E-state index in [0.29, 0.717) is 0 Å². The summed E-state index contributed by atoms with van der Waals surface area (Å²) in [6.45, 7) is 10.4. The normalized spacial score (nSPS) is 12.2. The standard InChI is InChI=1S/C15H28N4/c1-5-8-9-13(6-2)11-17-15-10-14(16-7-3)18-12(4)19-15/h10,13H,5-9,11H2,1-4H3,(H2,16,17,18,19). The van der Waals surface area contributed by atoms with Crippen molar-refractivity contribution in [3.63, 3.8) is 0 Å². The Bertz CT molecular complexity index is 365. The SMILES string of the molecule is CCCCC(CC)CNc1cc(NCC)nc(C)n1. The molecule has 0 saturated carbocycles. The molecule has 0 aromatic carbocycles. The van der Waals surface area contributed by atoms with E-state index in [1.807, 2.05) is 13.0 Å². The van der Waals surface area contributed by atoms with Crippen LogP contribution in [0.4, 0.5) is 11.6 Å². The molecule has 0 aliphatic carbocycles. The van der Waals surface area contributed by atoms with E-state index in [9.17, 15) is 0 Å². The van der Waals surface area contributed by atoms with Gasteiger partial charge in [-0.2, -0.15) is 0 Å². The molecule has 0 aliphatic heterocycles. The van der Waals surface area contributed by atoms with Crippen LogP contribution in [0.5, 0.6) is 0 Å². The van der Waals surface area contributed by atoms with Gasteiger partial charge >= 0.3 is 0 Å². The van der Waals surface area contributed by atoms with Crippen molar-refractivity contribution in [1.82, 2.24) is 9.97 Å². The Kier molecular flexibility index (Phi) is 7.23.